The van der Waals surface area contributed by atoms with Crippen LogP contribution in [0.1, 0.15) is 27.0 Å². The van der Waals surface area contributed by atoms with Gasteiger partial charge >= 0.3 is 0 Å². The summed E-state index contributed by atoms with van der Waals surface area (Å²) in [5.74, 6) is 0.354. The largest absolute Gasteiger partial charge is 0.493 e. The van der Waals surface area contributed by atoms with Crippen LogP contribution in [0.15, 0.2) is 77.7 Å². The van der Waals surface area contributed by atoms with E-state index in [9.17, 15) is 9.59 Å². The van der Waals surface area contributed by atoms with Crippen LogP contribution in [0.4, 0.5) is 0 Å². The Labute approximate surface area is 207 Å². The fourth-order valence-corrected chi connectivity index (χ4v) is 4.39. The van der Waals surface area contributed by atoms with E-state index in [-0.39, 0.29) is 10.2 Å². The molecule has 0 unspecified atom stereocenters. The standard InChI is InChI=1S/C26H22N2O4S2/c1-17-8-11-20(12-9-17)24(29)27-28-25(30)23(34-26(28)33)15-19-10-13-21(22(14-19)31-2)32-16-18-6-4-3-5-7-18/h3-15H,16H2,1-2H3,(H,27,29)/b23-15-. The van der Waals surface area contributed by atoms with Gasteiger partial charge in [0.15, 0.2) is 15.8 Å². The van der Waals surface area contributed by atoms with E-state index in [1.165, 1.54) is 0 Å². The van der Waals surface area contributed by atoms with Crippen molar-refractivity contribution in [1.82, 2.24) is 10.4 Å². The summed E-state index contributed by atoms with van der Waals surface area (Å²) in [6.45, 7) is 2.35. The van der Waals surface area contributed by atoms with E-state index < -0.39 is 5.91 Å². The predicted octanol–water partition coefficient (Wildman–Crippen LogP) is 5.13. The number of nitrogens with one attached hydrogen (secondary N) is 1. The minimum Gasteiger partial charge on any atom is -0.493 e. The lowest BCUT2D eigenvalue weighted by Crippen LogP contribution is -2.44. The van der Waals surface area contributed by atoms with Crippen LogP contribution in [0.25, 0.3) is 6.08 Å². The molecule has 0 saturated carbocycles. The Hall–Kier alpha value is -3.62. The number of hydrazine groups is 1. The number of hydrogen-bond donors (Lipinski definition) is 1. The van der Waals surface area contributed by atoms with Crippen LogP contribution in [-0.4, -0.2) is 28.3 Å². The molecule has 0 atom stereocenters. The average Bonchev–Trinajstić information content (AvgIpc) is 3.11. The zero-order valence-corrected chi connectivity index (χ0v) is 20.2. The first-order valence-corrected chi connectivity index (χ1v) is 11.7. The van der Waals surface area contributed by atoms with Gasteiger partial charge in [-0.25, -0.2) is 0 Å². The van der Waals surface area contributed by atoms with Crippen molar-refractivity contribution in [3.05, 3.63) is 100.0 Å². The molecule has 1 fully saturated rings. The second-order valence-electron chi connectivity index (χ2n) is 7.51. The van der Waals surface area contributed by atoms with Crippen LogP contribution < -0.4 is 14.9 Å². The molecule has 2 amide bonds. The van der Waals surface area contributed by atoms with Crippen LogP contribution in [0.5, 0.6) is 11.5 Å². The number of aryl methyl sites for hydroxylation is 1. The van der Waals surface area contributed by atoms with Gasteiger partial charge in [-0.3, -0.25) is 15.0 Å². The van der Waals surface area contributed by atoms with E-state index in [0.717, 1.165) is 33.5 Å². The molecule has 1 aliphatic heterocycles. The van der Waals surface area contributed by atoms with E-state index >= 15 is 0 Å². The fourth-order valence-electron chi connectivity index (χ4n) is 3.22. The maximum Gasteiger partial charge on any atom is 0.285 e. The summed E-state index contributed by atoms with van der Waals surface area (Å²) in [5.41, 5.74) is 5.86. The first kappa shape index (κ1) is 23.5. The first-order chi connectivity index (χ1) is 16.4. The number of methoxy groups -OCH3 is 1. The van der Waals surface area contributed by atoms with Crippen molar-refractivity contribution >= 4 is 46.2 Å². The minimum atomic E-state index is -0.404. The lowest BCUT2D eigenvalue weighted by Gasteiger charge is -2.15. The van der Waals surface area contributed by atoms with Crippen molar-refractivity contribution in [2.24, 2.45) is 0 Å². The van der Waals surface area contributed by atoms with Gasteiger partial charge in [-0.05, 0) is 60.6 Å². The van der Waals surface area contributed by atoms with Crippen molar-refractivity contribution in [3.8, 4) is 11.5 Å². The monoisotopic (exact) mass is 490 g/mol. The Bertz CT molecular complexity index is 1260. The van der Waals surface area contributed by atoms with Gasteiger partial charge in [0.05, 0.1) is 12.0 Å². The molecule has 8 heteroatoms. The van der Waals surface area contributed by atoms with Crippen molar-refractivity contribution in [2.75, 3.05) is 7.11 Å². The molecule has 0 bridgehead atoms. The number of nitrogens with zero attached hydrogens (tertiary/aromatic N) is 1. The molecule has 1 heterocycles. The average molecular weight is 491 g/mol. The third-order valence-electron chi connectivity index (χ3n) is 5.04. The van der Waals surface area contributed by atoms with Gasteiger partial charge in [-0.2, -0.15) is 5.01 Å². The zero-order valence-electron chi connectivity index (χ0n) is 18.6. The molecule has 1 aliphatic rings. The molecule has 1 N–H and O–H groups in total. The quantitative estimate of drug-likeness (QED) is 0.366. The van der Waals surface area contributed by atoms with E-state index in [2.05, 4.69) is 5.43 Å². The maximum absolute atomic E-state index is 12.9. The molecular weight excluding hydrogens is 468 g/mol. The molecule has 4 rings (SSSR count). The van der Waals surface area contributed by atoms with Gasteiger partial charge in [0.2, 0.25) is 0 Å². The highest BCUT2D eigenvalue weighted by atomic mass is 32.2. The normalized spacial score (nSPS) is 14.4. The Morgan fingerprint density at radius 3 is 2.50 bits per heavy atom. The third kappa shape index (κ3) is 5.47. The lowest BCUT2D eigenvalue weighted by molar-refractivity contribution is -0.123. The molecule has 3 aromatic rings. The van der Waals surface area contributed by atoms with Crippen molar-refractivity contribution in [2.45, 2.75) is 13.5 Å². The van der Waals surface area contributed by atoms with E-state index in [0.29, 0.717) is 28.6 Å². The summed E-state index contributed by atoms with van der Waals surface area (Å²) >= 11 is 6.44. The number of hydrogen-bond acceptors (Lipinski definition) is 6. The highest BCUT2D eigenvalue weighted by Gasteiger charge is 2.33. The summed E-state index contributed by atoms with van der Waals surface area (Å²) < 4.78 is 11.6. The number of carbonyl (C=O) groups excluding carboxylic acids is 2. The molecular formula is C26H22N2O4S2. The van der Waals surface area contributed by atoms with E-state index in [1.54, 1.807) is 37.5 Å². The molecule has 34 heavy (non-hydrogen) atoms. The van der Waals surface area contributed by atoms with Crippen LogP contribution in [0.2, 0.25) is 0 Å². The van der Waals surface area contributed by atoms with Crippen LogP contribution >= 0.6 is 24.0 Å². The van der Waals surface area contributed by atoms with E-state index in [4.69, 9.17) is 21.7 Å². The summed E-state index contributed by atoms with van der Waals surface area (Å²) in [7, 11) is 1.56. The lowest BCUT2D eigenvalue weighted by atomic mass is 10.1. The van der Waals surface area contributed by atoms with Crippen molar-refractivity contribution in [1.29, 1.82) is 0 Å². The van der Waals surface area contributed by atoms with Gasteiger partial charge in [0.1, 0.15) is 6.61 Å². The van der Waals surface area contributed by atoms with Crippen molar-refractivity contribution < 1.29 is 19.1 Å². The molecule has 0 radical (unpaired) electrons. The molecule has 0 spiro atoms. The number of thioether (sulfide) groups is 1. The summed E-state index contributed by atoms with van der Waals surface area (Å²) in [5, 5.41) is 1.10. The molecule has 0 aliphatic carbocycles. The Morgan fingerprint density at radius 2 is 1.79 bits per heavy atom. The predicted molar refractivity (Wildman–Crippen MR) is 137 cm³/mol. The van der Waals surface area contributed by atoms with Crippen LogP contribution in [-0.2, 0) is 11.4 Å². The summed E-state index contributed by atoms with van der Waals surface area (Å²) in [4.78, 5) is 25.8. The first-order valence-electron chi connectivity index (χ1n) is 10.4. The van der Waals surface area contributed by atoms with E-state index in [1.807, 2.05) is 55.5 Å². The molecule has 1 saturated heterocycles. The Morgan fingerprint density at radius 1 is 1.06 bits per heavy atom. The zero-order chi connectivity index (χ0) is 24.1. The topological polar surface area (TPSA) is 67.9 Å². The second-order valence-corrected chi connectivity index (χ2v) is 9.18. The number of amides is 2. The number of rotatable bonds is 7. The van der Waals surface area contributed by atoms with Gasteiger partial charge in [0, 0.05) is 5.56 Å². The number of carbonyl (C=O) groups is 2. The third-order valence-corrected chi connectivity index (χ3v) is 6.35. The summed E-state index contributed by atoms with van der Waals surface area (Å²) in [6.07, 6.45) is 1.71. The summed E-state index contributed by atoms with van der Waals surface area (Å²) in [6, 6.07) is 22.3. The second kappa shape index (κ2) is 10.5. The SMILES string of the molecule is COc1cc(/C=C2\SC(=S)N(NC(=O)c3ccc(C)cc3)C2=O)ccc1OCc1ccccc1. The van der Waals surface area contributed by atoms with Crippen molar-refractivity contribution in [3.63, 3.8) is 0 Å². The fraction of sp³-hybridized carbons (Fsp3) is 0.115. The maximum atomic E-state index is 12.9. The number of thiocarbonyl (C=S) groups is 1. The van der Waals surface area contributed by atoms with Crippen LogP contribution in [0.3, 0.4) is 0 Å². The highest BCUT2D eigenvalue weighted by Crippen LogP contribution is 2.34. The molecule has 0 aromatic heterocycles. The number of benzene rings is 3. The smallest absolute Gasteiger partial charge is 0.285 e. The molecule has 3 aromatic carbocycles. The Balaban J connectivity index is 1.46. The number of ether oxygens (including phenoxy) is 2. The van der Waals surface area contributed by atoms with Gasteiger partial charge in [0.25, 0.3) is 11.8 Å². The highest BCUT2D eigenvalue weighted by molar-refractivity contribution is 8.26. The Kier molecular flexibility index (Phi) is 7.30. The van der Waals surface area contributed by atoms with Gasteiger partial charge in [-0.1, -0.05) is 65.9 Å². The molecule has 172 valence electrons. The van der Waals surface area contributed by atoms with Gasteiger partial charge < -0.3 is 9.47 Å². The molecule has 6 nitrogen and oxygen atoms in total. The van der Waals surface area contributed by atoms with Gasteiger partial charge in [-0.15, -0.1) is 0 Å². The van der Waals surface area contributed by atoms with Crippen LogP contribution in [0, 0.1) is 6.92 Å². The minimum absolute atomic E-state index is 0.256.